The summed E-state index contributed by atoms with van der Waals surface area (Å²) in [6, 6.07) is 3.23. The second-order valence-corrected chi connectivity index (χ2v) is 6.83. The minimum Gasteiger partial charge on any atom is -0.364 e. The Labute approximate surface area is 123 Å². The Morgan fingerprint density at radius 1 is 1.24 bits per heavy atom. The van der Waals surface area contributed by atoms with Crippen molar-refractivity contribution in [1.82, 2.24) is 0 Å². The normalized spacial score (nSPS) is 19.0. The fraction of sp³-hybridized carbons (Fsp3) is 0.462. The number of nitrogens with one attached hydrogen (secondary N) is 1. The van der Waals surface area contributed by atoms with Gasteiger partial charge in [0.25, 0.3) is 5.69 Å². The second kappa shape index (κ2) is 5.44. The number of carbonyl (C=O) groups excluding carboxylic acids is 1. The Morgan fingerprint density at radius 2 is 1.95 bits per heavy atom. The Balaban J connectivity index is 2.00. The van der Waals surface area contributed by atoms with Crippen molar-refractivity contribution < 1.29 is 13.9 Å². The van der Waals surface area contributed by atoms with E-state index in [1.54, 1.807) is 6.07 Å². The molecule has 1 aromatic rings. The highest BCUT2D eigenvalue weighted by Gasteiger charge is 2.27. The summed E-state index contributed by atoms with van der Waals surface area (Å²) in [5.41, 5.74) is 2.00. The SMILES string of the molecule is O=C1CCc2cc(N3CCS(=O)CC3)c([N+](=O)[O-])cc2N1. The van der Waals surface area contributed by atoms with E-state index in [0.717, 1.165) is 5.56 Å². The average molecular weight is 309 g/mol. The number of aryl methyl sites for hydroxylation is 1. The maximum Gasteiger partial charge on any atom is 0.294 e. The number of anilines is 2. The van der Waals surface area contributed by atoms with Crippen molar-refractivity contribution in [1.29, 1.82) is 0 Å². The zero-order valence-corrected chi connectivity index (χ0v) is 12.1. The zero-order chi connectivity index (χ0) is 15.0. The first-order valence-corrected chi connectivity index (χ1v) is 8.24. The maximum absolute atomic E-state index is 11.4. The van der Waals surface area contributed by atoms with Crippen LogP contribution in [0.1, 0.15) is 12.0 Å². The monoisotopic (exact) mass is 309 g/mol. The Kier molecular flexibility index (Phi) is 3.62. The number of benzene rings is 1. The lowest BCUT2D eigenvalue weighted by molar-refractivity contribution is -0.384. The molecule has 21 heavy (non-hydrogen) atoms. The number of nitro groups is 1. The number of hydrogen-bond acceptors (Lipinski definition) is 5. The fourth-order valence-electron chi connectivity index (χ4n) is 2.68. The van der Waals surface area contributed by atoms with Gasteiger partial charge in [0.05, 0.1) is 10.6 Å². The Bertz CT molecular complexity index is 637. The molecule has 7 nitrogen and oxygen atoms in total. The molecule has 0 radical (unpaired) electrons. The molecular formula is C13H15N3O4S. The number of hydrogen-bond donors (Lipinski definition) is 1. The molecule has 2 aliphatic rings. The molecule has 0 aromatic heterocycles. The largest absolute Gasteiger partial charge is 0.364 e. The first kappa shape index (κ1) is 14.0. The highest BCUT2D eigenvalue weighted by molar-refractivity contribution is 7.85. The van der Waals surface area contributed by atoms with Crippen LogP contribution in [0.15, 0.2) is 12.1 Å². The van der Waals surface area contributed by atoms with E-state index in [4.69, 9.17) is 0 Å². The lowest BCUT2D eigenvalue weighted by atomic mass is 10.0. The van der Waals surface area contributed by atoms with Gasteiger partial charge in [-0.3, -0.25) is 19.1 Å². The summed E-state index contributed by atoms with van der Waals surface area (Å²) in [5.74, 6) is 0.952. The van der Waals surface area contributed by atoms with Gasteiger partial charge in [-0.25, -0.2) is 0 Å². The van der Waals surface area contributed by atoms with E-state index in [-0.39, 0.29) is 11.6 Å². The second-order valence-electron chi connectivity index (χ2n) is 5.14. The van der Waals surface area contributed by atoms with Gasteiger partial charge < -0.3 is 10.2 Å². The lowest BCUT2D eigenvalue weighted by Crippen LogP contribution is -2.38. The van der Waals surface area contributed by atoms with E-state index < -0.39 is 15.7 Å². The van der Waals surface area contributed by atoms with Crippen molar-refractivity contribution in [2.45, 2.75) is 12.8 Å². The number of carbonyl (C=O) groups is 1. The third-order valence-electron chi connectivity index (χ3n) is 3.81. The van der Waals surface area contributed by atoms with Crippen LogP contribution in [0.4, 0.5) is 17.1 Å². The molecule has 2 heterocycles. The highest BCUT2D eigenvalue weighted by atomic mass is 32.2. The molecular weight excluding hydrogens is 294 g/mol. The third-order valence-corrected chi connectivity index (χ3v) is 5.09. The molecule has 0 spiro atoms. The van der Waals surface area contributed by atoms with Crippen molar-refractivity contribution in [2.75, 3.05) is 34.8 Å². The van der Waals surface area contributed by atoms with Crippen LogP contribution >= 0.6 is 0 Å². The number of amides is 1. The topological polar surface area (TPSA) is 92.5 Å². The van der Waals surface area contributed by atoms with Crippen molar-refractivity contribution in [3.63, 3.8) is 0 Å². The zero-order valence-electron chi connectivity index (χ0n) is 11.3. The van der Waals surface area contributed by atoms with Gasteiger partial charge in [0.15, 0.2) is 0 Å². The predicted molar refractivity (Wildman–Crippen MR) is 80.1 cm³/mol. The highest BCUT2D eigenvalue weighted by Crippen LogP contribution is 2.36. The Morgan fingerprint density at radius 3 is 2.62 bits per heavy atom. The van der Waals surface area contributed by atoms with Gasteiger partial charge in [-0.2, -0.15) is 0 Å². The minimum atomic E-state index is -0.827. The lowest BCUT2D eigenvalue weighted by Gasteiger charge is -2.29. The van der Waals surface area contributed by atoms with E-state index >= 15 is 0 Å². The van der Waals surface area contributed by atoms with E-state index in [1.165, 1.54) is 6.07 Å². The van der Waals surface area contributed by atoms with Gasteiger partial charge in [0.2, 0.25) is 5.91 Å². The minimum absolute atomic E-state index is 0.0105. The summed E-state index contributed by atoms with van der Waals surface area (Å²) in [5, 5.41) is 14.0. The van der Waals surface area contributed by atoms with Crippen LogP contribution in [0, 0.1) is 10.1 Å². The predicted octanol–water partition coefficient (Wildman–Crippen LogP) is 1.05. The van der Waals surface area contributed by atoms with Crippen LogP contribution in [0.2, 0.25) is 0 Å². The third kappa shape index (κ3) is 2.76. The van der Waals surface area contributed by atoms with Gasteiger partial charge >= 0.3 is 0 Å². The Hall–Kier alpha value is -1.96. The molecule has 3 rings (SSSR count). The summed E-state index contributed by atoms with van der Waals surface area (Å²) in [7, 11) is -0.827. The van der Waals surface area contributed by atoms with Crippen molar-refractivity contribution >= 4 is 33.8 Å². The smallest absolute Gasteiger partial charge is 0.294 e. The molecule has 8 heteroatoms. The van der Waals surface area contributed by atoms with E-state index in [9.17, 15) is 19.1 Å². The van der Waals surface area contributed by atoms with Gasteiger partial charge in [-0.15, -0.1) is 0 Å². The van der Waals surface area contributed by atoms with Gasteiger partial charge in [-0.1, -0.05) is 0 Å². The molecule has 0 atom stereocenters. The van der Waals surface area contributed by atoms with Crippen LogP contribution in [-0.4, -0.2) is 39.6 Å². The maximum atomic E-state index is 11.4. The number of rotatable bonds is 2. The average Bonchev–Trinajstić information content (AvgIpc) is 2.46. The van der Waals surface area contributed by atoms with Gasteiger partial charge in [0, 0.05) is 47.9 Å². The van der Waals surface area contributed by atoms with Crippen molar-refractivity contribution in [2.24, 2.45) is 0 Å². The molecule has 1 fully saturated rings. The van der Waals surface area contributed by atoms with E-state index in [0.29, 0.717) is 48.8 Å². The van der Waals surface area contributed by atoms with Gasteiger partial charge in [-0.05, 0) is 18.1 Å². The molecule has 0 bridgehead atoms. The molecule has 1 N–H and O–H groups in total. The summed E-state index contributed by atoms with van der Waals surface area (Å²) >= 11 is 0. The molecule has 1 aromatic carbocycles. The summed E-state index contributed by atoms with van der Waals surface area (Å²) in [6.45, 7) is 1.11. The van der Waals surface area contributed by atoms with E-state index in [2.05, 4.69) is 5.32 Å². The van der Waals surface area contributed by atoms with E-state index in [1.807, 2.05) is 4.90 Å². The summed E-state index contributed by atoms with van der Waals surface area (Å²) in [4.78, 5) is 24.2. The summed E-state index contributed by atoms with van der Waals surface area (Å²) < 4.78 is 11.4. The molecule has 1 amide bonds. The van der Waals surface area contributed by atoms with Crippen LogP contribution < -0.4 is 10.2 Å². The van der Waals surface area contributed by atoms with Crippen molar-refractivity contribution in [3.8, 4) is 0 Å². The molecule has 1 saturated heterocycles. The first-order valence-electron chi connectivity index (χ1n) is 6.75. The molecule has 112 valence electrons. The molecule has 2 aliphatic heterocycles. The van der Waals surface area contributed by atoms with Crippen molar-refractivity contribution in [3.05, 3.63) is 27.8 Å². The molecule has 0 unspecified atom stereocenters. The number of nitrogens with zero attached hydrogens (tertiary/aromatic N) is 2. The standard InChI is InChI=1S/C13H15N3O4S/c17-13-2-1-9-7-11(15-3-5-21(20)6-4-15)12(16(18)19)8-10(9)14-13/h7-8H,1-6H2,(H,14,17). The van der Waals surface area contributed by atoms with Gasteiger partial charge in [0.1, 0.15) is 5.69 Å². The van der Waals surface area contributed by atoms with Crippen LogP contribution in [0.5, 0.6) is 0 Å². The molecule has 0 saturated carbocycles. The number of nitro benzene ring substituents is 1. The van der Waals surface area contributed by atoms with Crippen LogP contribution in [0.25, 0.3) is 0 Å². The summed E-state index contributed by atoms with van der Waals surface area (Å²) in [6.07, 6.45) is 0.986. The quantitative estimate of drug-likeness (QED) is 0.651. The van der Waals surface area contributed by atoms with Crippen LogP contribution in [-0.2, 0) is 22.0 Å². The van der Waals surface area contributed by atoms with Crippen LogP contribution in [0.3, 0.4) is 0 Å². The fourth-order valence-corrected chi connectivity index (χ4v) is 3.73. The number of fused-ring (bicyclic) bond motifs is 1. The first-order chi connectivity index (χ1) is 10.0. The molecule has 0 aliphatic carbocycles.